The molecule has 2 aromatic rings. The molecular formula is C21H28N4O6S2. The minimum Gasteiger partial charge on any atom is -0.337 e. The van der Waals surface area contributed by atoms with Crippen molar-refractivity contribution >= 4 is 32.1 Å². The molecule has 0 saturated carbocycles. The fraction of sp³-hybridized carbons (Fsp3) is 0.333. The lowest BCUT2D eigenvalue weighted by Gasteiger charge is -2.09. The maximum Gasteiger partial charge on any atom is 0.328 e. The van der Waals surface area contributed by atoms with Gasteiger partial charge in [0.1, 0.15) is 0 Å². The highest BCUT2D eigenvalue weighted by Crippen LogP contribution is 2.08. The molecule has 0 aromatic heterocycles. The van der Waals surface area contributed by atoms with E-state index in [2.05, 4.69) is 10.6 Å². The molecule has 0 radical (unpaired) electrons. The Morgan fingerprint density at radius 1 is 0.545 bits per heavy atom. The van der Waals surface area contributed by atoms with E-state index in [0.29, 0.717) is 25.9 Å². The summed E-state index contributed by atoms with van der Waals surface area (Å²) in [5.41, 5.74) is 0. The van der Waals surface area contributed by atoms with Gasteiger partial charge in [0.25, 0.3) is 20.0 Å². The molecule has 0 bridgehead atoms. The molecule has 0 saturated heterocycles. The third kappa shape index (κ3) is 9.49. The molecule has 0 fully saturated rings. The Hall–Kier alpha value is -3.12. The molecule has 33 heavy (non-hydrogen) atoms. The zero-order chi connectivity index (χ0) is 24.2. The van der Waals surface area contributed by atoms with Crippen molar-refractivity contribution in [2.24, 2.45) is 0 Å². The van der Waals surface area contributed by atoms with Crippen molar-refractivity contribution in [1.82, 2.24) is 20.1 Å². The molecule has 10 nitrogen and oxygen atoms in total. The first kappa shape index (κ1) is 26.1. The third-order valence-electron chi connectivity index (χ3n) is 4.49. The van der Waals surface area contributed by atoms with Crippen LogP contribution in [0.2, 0.25) is 0 Å². The van der Waals surface area contributed by atoms with Crippen LogP contribution in [-0.4, -0.2) is 42.0 Å². The van der Waals surface area contributed by atoms with E-state index in [1.54, 1.807) is 36.4 Å². The van der Waals surface area contributed by atoms with Crippen LogP contribution < -0.4 is 20.1 Å². The molecule has 0 atom stereocenters. The third-order valence-corrected chi connectivity index (χ3v) is 7.18. The van der Waals surface area contributed by atoms with E-state index in [1.807, 2.05) is 9.44 Å². The van der Waals surface area contributed by atoms with E-state index >= 15 is 0 Å². The van der Waals surface area contributed by atoms with E-state index in [-0.39, 0.29) is 9.79 Å². The normalized spacial score (nSPS) is 11.4. The van der Waals surface area contributed by atoms with Crippen molar-refractivity contribution < 1.29 is 26.4 Å². The van der Waals surface area contributed by atoms with Crippen molar-refractivity contribution in [2.75, 3.05) is 13.1 Å². The predicted molar refractivity (Wildman–Crippen MR) is 123 cm³/mol. The van der Waals surface area contributed by atoms with Gasteiger partial charge in [-0.15, -0.1) is 0 Å². The van der Waals surface area contributed by atoms with E-state index in [9.17, 15) is 26.4 Å². The van der Waals surface area contributed by atoms with Gasteiger partial charge in [0.05, 0.1) is 9.79 Å². The number of urea groups is 2. The van der Waals surface area contributed by atoms with Crippen molar-refractivity contribution in [3.05, 3.63) is 60.7 Å². The van der Waals surface area contributed by atoms with Crippen LogP contribution in [0, 0.1) is 0 Å². The van der Waals surface area contributed by atoms with Gasteiger partial charge >= 0.3 is 12.1 Å². The van der Waals surface area contributed by atoms with E-state index in [1.165, 1.54) is 24.3 Å². The molecular weight excluding hydrogens is 468 g/mol. The Balaban J connectivity index is 1.51. The number of sulfonamides is 2. The quantitative estimate of drug-likeness (QED) is 0.331. The van der Waals surface area contributed by atoms with E-state index in [0.717, 1.165) is 19.3 Å². The molecule has 4 N–H and O–H groups in total. The molecule has 0 aliphatic heterocycles. The number of hydrogen-bond acceptors (Lipinski definition) is 6. The molecule has 0 unspecified atom stereocenters. The first-order valence-electron chi connectivity index (χ1n) is 10.4. The van der Waals surface area contributed by atoms with Crippen LogP contribution in [0.15, 0.2) is 70.5 Å². The Morgan fingerprint density at radius 2 is 0.879 bits per heavy atom. The van der Waals surface area contributed by atoms with E-state index in [4.69, 9.17) is 0 Å². The number of nitrogens with one attached hydrogen (secondary N) is 4. The van der Waals surface area contributed by atoms with E-state index < -0.39 is 32.1 Å². The second kappa shape index (κ2) is 12.8. The number of rotatable bonds is 12. The highest BCUT2D eigenvalue weighted by atomic mass is 32.2. The van der Waals surface area contributed by atoms with Crippen molar-refractivity contribution in [2.45, 2.75) is 41.9 Å². The highest BCUT2D eigenvalue weighted by Gasteiger charge is 2.17. The summed E-state index contributed by atoms with van der Waals surface area (Å²) < 4.78 is 52.1. The summed E-state index contributed by atoms with van der Waals surface area (Å²) in [5.74, 6) is 0. The Morgan fingerprint density at radius 3 is 1.24 bits per heavy atom. The van der Waals surface area contributed by atoms with Crippen LogP contribution in [0.3, 0.4) is 0 Å². The van der Waals surface area contributed by atoms with Crippen LogP contribution >= 0.6 is 0 Å². The van der Waals surface area contributed by atoms with Gasteiger partial charge in [-0.2, -0.15) is 0 Å². The fourth-order valence-corrected chi connectivity index (χ4v) is 4.72. The maximum atomic E-state index is 12.0. The second-order valence-corrected chi connectivity index (χ2v) is 10.5. The summed E-state index contributed by atoms with van der Waals surface area (Å²) >= 11 is 0. The summed E-state index contributed by atoms with van der Waals surface area (Å²) in [6.07, 6.45) is 3.79. The standard InChI is InChI=1S/C21H28N4O6S2/c26-20(24-32(28,29)18-12-6-4-7-13-18)22-16-10-2-1-3-11-17-23-21(27)25-33(30,31)19-14-8-5-9-15-19/h4-9,12-15H,1-3,10-11,16-17H2,(H2,22,24,26)(H2,23,25,27). The summed E-state index contributed by atoms with van der Waals surface area (Å²) in [4.78, 5) is 23.6. The molecule has 0 heterocycles. The number of amides is 4. The molecule has 180 valence electrons. The number of unbranched alkanes of at least 4 members (excludes halogenated alkanes) is 4. The number of carbonyl (C=O) groups is 2. The number of carbonyl (C=O) groups excluding carboxylic acids is 2. The largest absolute Gasteiger partial charge is 0.337 e. The van der Waals surface area contributed by atoms with Crippen LogP contribution in [0.4, 0.5) is 9.59 Å². The smallest absolute Gasteiger partial charge is 0.328 e. The Bertz CT molecular complexity index is 1020. The first-order valence-corrected chi connectivity index (χ1v) is 13.4. The van der Waals surface area contributed by atoms with Crippen LogP contribution in [0.5, 0.6) is 0 Å². The molecule has 0 aliphatic rings. The van der Waals surface area contributed by atoms with Crippen LogP contribution in [0.1, 0.15) is 32.1 Å². The van der Waals surface area contributed by atoms with Gasteiger partial charge in [0.2, 0.25) is 0 Å². The average Bonchev–Trinajstić information content (AvgIpc) is 2.78. The summed E-state index contributed by atoms with van der Waals surface area (Å²) in [7, 11) is -7.78. The molecule has 0 spiro atoms. The number of benzene rings is 2. The fourth-order valence-electron chi connectivity index (χ4n) is 2.82. The minimum atomic E-state index is -3.89. The topological polar surface area (TPSA) is 151 Å². The Labute approximate surface area is 194 Å². The summed E-state index contributed by atoms with van der Waals surface area (Å²) in [5, 5.41) is 5.02. The lowest BCUT2D eigenvalue weighted by atomic mass is 10.1. The molecule has 2 aromatic carbocycles. The average molecular weight is 497 g/mol. The molecule has 2 rings (SSSR count). The molecule has 12 heteroatoms. The highest BCUT2D eigenvalue weighted by molar-refractivity contribution is 7.90. The van der Waals surface area contributed by atoms with Gasteiger partial charge in [0.15, 0.2) is 0 Å². The van der Waals surface area contributed by atoms with Gasteiger partial charge in [-0.05, 0) is 37.1 Å². The maximum absolute atomic E-state index is 12.0. The van der Waals surface area contributed by atoms with Gasteiger partial charge in [-0.1, -0.05) is 55.7 Å². The summed E-state index contributed by atoms with van der Waals surface area (Å²) in [6.45, 7) is 0.655. The van der Waals surface area contributed by atoms with Crippen LogP contribution in [-0.2, 0) is 20.0 Å². The van der Waals surface area contributed by atoms with Gasteiger partial charge in [0, 0.05) is 13.1 Å². The van der Waals surface area contributed by atoms with Gasteiger partial charge < -0.3 is 10.6 Å². The lowest BCUT2D eigenvalue weighted by Crippen LogP contribution is -2.39. The number of hydrogen-bond donors (Lipinski definition) is 4. The zero-order valence-electron chi connectivity index (χ0n) is 18.0. The first-order chi connectivity index (χ1) is 15.7. The minimum absolute atomic E-state index is 0.0140. The van der Waals surface area contributed by atoms with Gasteiger partial charge in [-0.3, -0.25) is 0 Å². The van der Waals surface area contributed by atoms with Gasteiger partial charge in [-0.25, -0.2) is 35.9 Å². The van der Waals surface area contributed by atoms with Crippen LogP contribution in [0.25, 0.3) is 0 Å². The van der Waals surface area contributed by atoms with Crippen molar-refractivity contribution in [3.8, 4) is 0 Å². The Kier molecular flexibility index (Phi) is 10.1. The van der Waals surface area contributed by atoms with Crippen molar-refractivity contribution in [1.29, 1.82) is 0 Å². The molecule has 4 amide bonds. The SMILES string of the molecule is O=C(NCCCCCCCNC(=O)NS(=O)(=O)c1ccccc1)NS(=O)(=O)c1ccccc1. The second-order valence-electron chi connectivity index (χ2n) is 7.12. The predicted octanol–water partition coefficient (Wildman–Crippen LogP) is 2.31. The molecule has 0 aliphatic carbocycles. The lowest BCUT2D eigenvalue weighted by molar-refractivity contribution is 0.245. The van der Waals surface area contributed by atoms with Crippen molar-refractivity contribution in [3.63, 3.8) is 0 Å². The summed E-state index contributed by atoms with van der Waals surface area (Å²) in [6, 6.07) is 13.7. The monoisotopic (exact) mass is 496 g/mol. The zero-order valence-corrected chi connectivity index (χ0v) is 19.6.